The van der Waals surface area contributed by atoms with E-state index in [0.717, 1.165) is 16.9 Å². The first-order chi connectivity index (χ1) is 6.83. The van der Waals surface area contributed by atoms with E-state index in [-0.39, 0.29) is 5.91 Å². The highest BCUT2D eigenvalue weighted by molar-refractivity contribution is 6.01. The van der Waals surface area contributed by atoms with E-state index in [0.29, 0.717) is 6.54 Å². The number of ether oxygens (including phenoxy) is 1. The molecule has 2 amide bonds. The molecule has 0 N–H and O–H groups in total. The van der Waals surface area contributed by atoms with Crippen LogP contribution in [0.1, 0.15) is 34.1 Å². The fraction of sp³-hybridized carbons (Fsp3) is 0.636. The number of amides is 2. The summed E-state index contributed by atoms with van der Waals surface area (Å²) in [4.78, 5) is 24.1. The van der Waals surface area contributed by atoms with Crippen LogP contribution >= 0.6 is 0 Å². The summed E-state index contributed by atoms with van der Waals surface area (Å²) in [5, 5.41) is 0. The molecule has 1 rings (SSSR count). The molecule has 0 aliphatic carbocycles. The Morgan fingerprint density at radius 2 is 2.13 bits per heavy atom. The number of hydrogen-bond donors (Lipinski definition) is 0. The summed E-state index contributed by atoms with van der Waals surface area (Å²) in [7, 11) is 0. The second-order valence-electron chi connectivity index (χ2n) is 4.56. The molecule has 1 aliphatic heterocycles. The van der Waals surface area contributed by atoms with Gasteiger partial charge >= 0.3 is 6.09 Å². The van der Waals surface area contributed by atoms with E-state index in [2.05, 4.69) is 0 Å². The summed E-state index contributed by atoms with van der Waals surface area (Å²) < 4.78 is 5.12. The molecular weight excluding hydrogens is 194 g/mol. The van der Waals surface area contributed by atoms with Crippen molar-refractivity contribution < 1.29 is 14.3 Å². The van der Waals surface area contributed by atoms with Crippen molar-refractivity contribution in [2.24, 2.45) is 0 Å². The van der Waals surface area contributed by atoms with Gasteiger partial charge in [-0.15, -0.1) is 0 Å². The Kier molecular flexibility index (Phi) is 3.17. The van der Waals surface area contributed by atoms with Crippen LogP contribution in [0.5, 0.6) is 0 Å². The molecular formula is C11H17NO3. The molecule has 0 atom stereocenters. The first-order valence-electron chi connectivity index (χ1n) is 5.07. The molecule has 4 heteroatoms. The average molecular weight is 211 g/mol. The fourth-order valence-electron chi connectivity index (χ4n) is 1.26. The van der Waals surface area contributed by atoms with Crippen molar-refractivity contribution in [2.75, 3.05) is 6.54 Å². The van der Waals surface area contributed by atoms with Gasteiger partial charge < -0.3 is 4.74 Å². The first kappa shape index (κ1) is 11.8. The van der Waals surface area contributed by atoms with Gasteiger partial charge in [-0.2, -0.15) is 0 Å². The summed E-state index contributed by atoms with van der Waals surface area (Å²) >= 11 is 0. The van der Waals surface area contributed by atoms with Crippen molar-refractivity contribution in [2.45, 2.75) is 39.7 Å². The maximum atomic E-state index is 11.6. The molecule has 84 valence electrons. The number of carbonyl (C=O) groups is 2. The molecule has 0 saturated carbocycles. The van der Waals surface area contributed by atoms with E-state index in [9.17, 15) is 9.59 Å². The summed E-state index contributed by atoms with van der Waals surface area (Å²) in [5.74, 6) is -0.277. The van der Waals surface area contributed by atoms with Crippen LogP contribution in [0, 0.1) is 0 Å². The monoisotopic (exact) mass is 211 g/mol. The van der Waals surface area contributed by atoms with E-state index in [1.807, 2.05) is 6.92 Å². The minimum Gasteiger partial charge on any atom is -0.443 e. The molecule has 4 nitrogen and oxygen atoms in total. The van der Waals surface area contributed by atoms with Gasteiger partial charge in [0.1, 0.15) is 5.60 Å². The van der Waals surface area contributed by atoms with E-state index in [4.69, 9.17) is 4.74 Å². The SMILES string of the molecule is CCC1=CC(=O)N(C(=O)OC(C)(C)C)C1. The summed E-state index contributed by atoms with van der Waals surface area (Å²) in [6, 6.07) is 0. The minimum atomic E-state index is -0.563. The Hall–Kier alpha value is -1.32. The lowest BCUT2D eigenvalue weighted by Crippen LogP contribution is -2.38. The molecule has 0 aromatic heterocycles. The Morgan fingerprint density at radius 3 is 2.53 bits per heavy atom. The van der Waals surface area contributed by atoms with Gasteiger partial charge in [-0.3, -0.25) is 4.79 Å². The second-order valence-corrected chi connectivity index (χ2v) is 4.56. The number of imide groups is 1. The van der Waals surface area contributed by atoms with Crippen LogP contribution in [0.25, 0.3) is 0 Å². The highest BCUT2D eigenvalue weighted by atomic mass is 16.6. The maximum absolute atomic E-state index is 11.6. The van der Waals surface area contributed by atoms with Crippen LogP contribution < -0.4 is 0 Å². The van der Waals surface area contributed by atoms with Gasteiger partial charge in [-0.05, 0) is 32.8 Å². The lowest BCUT2D eigenvalue weighted by Gasteiger charge is -2.23. The lowest BCUT2D eigenvalue weighted by atomic mass is 10.2. The van der Waals surface area contributed by atoms with Crippen molar-refractivity contribution in [3.63, 3.8) is 0 Å². The highest BCUT2D eigenvalue weighted by Gasteiger charge is 2.30. The molecule has 0 spiro atoms. The third-order valence-corrected chi connectivity index (χ3v) is 2.02. The molecule has 0 unspecified atom stereocenters. The van der Waals surface area contributed by atoms with Crippen LogP contribution in [-0.4, -0.2) is 29.0 Å². The summed E-state index contributed by atoms with van der Waals surface area (Å²) in [5.41, 5.74) is 0.401. The molecule has 1 aliphatic rings. The fourth-order valence-corrected chi connectivity index (χ4v) is 1.26. The zero-order valence-electron chi connectivity index (χ0n) is 9.66. The first-order valence-corrected chi connectivity index (χ1v) is 5.07. The smallest absolute Gasteiger partial charge is 0.417 e. The Labute approximate surface area is 89.9 Å². The van der Waals surface area contributed by atoms with E-state index in [1.54, 1.807) is 20.8 Å². The third-order valence-electron chi connectivity index (χ3n) is 2.02. The van der Waals surface area contributed by atoms with Gasteiger partial charge in [0.15, 0.2) is 0 Å². The molecule has 0 bridgehead atoms. The van der Waals surface area contributed by atoms with Crippen LogP contribution in [0.4, 0.5) is 4.79 Å². The van der Waals surface area contributed by atoms with Crippen molar-refractivity contribution in [3.05, 3.63) is 11.6 Å². The number of nitrogens with zero attached hydrogens (tertiary/aromatic N) is 1. The van der Waals surface area contributed by atoms with Crippen LogP contribution in [-0.2, 0) is 9.53 Å². The molecule has 0 fully saturated rings. The van der Waals surface area contributed by atoms with Crippen LogP contribution in [0.15, 0.2) is 11.6 Å². The molecule has 15 heavy (non-hydrogen) atoms. The third kappa shape index (κ3) is 3.08. The number of carbonyl (C=O) groups excluding carboxylic acids is 2. The Morgan fingerprint density at radius 1 is 1.53 bits per heavy atom. The van der Waals surface area contributed by atoms with E-state index in [1.165, 1.54) is 6.08 Å². The number of hydrogen-bond acceptors (Lipinski definition) is 3. The molecule has 1 heterocycles. The van der Waals surface area contributed by atoms with Gasteiger partial charge in [0.05, 0.1) is 6.54 Å². The predicted octanol–water partition coefficient (Wildman–Crippen LogP) is 2.10. The standard InChI is InChI=1S/C11H17NO3/c1-5-8-6-9(13)12(7-8)10(14)15-11(2,3)4/h6H,5,7H2,1-4H3. The largest absolute Gasteiger partial charge is 0.443 e. The van der Waals surface area contributed by atoms with Crippen molar-refractivity contribution in [3.8, 4) is 0 Å². The van der Waals surface area contributed by atoms with Gasteiger partial charge in [-0.25, -0.2) is 9.69 Å². The van der Waals surface area contributed by atoms with Gasteiger partial charge in [0, 0.05) is 6.08 Å². The molecule has 0 aromatic carbocycles. The quantitative estimate of drug-likeness (QED) is 0.667. The number of rotatable bonds is 1. The summed E-state index contributed by atoms with van der Waals surface area (Å²) in [6.07, 6.45) is 1.72. The Balaban J connectivity index is 2.62. The zero-order valence-corrected chi connectivity index (χ0v) is 9.66. The molecule has 0 aromatic rings. The maximum Gasteiger partial charge on any atom is 0.417 e. The topological polar surface area (TPSA) is 46.6 Å². The highest BCUT2D eigenvalue weighted by Crippen LogP contribution is 2.17. The van der Waals surface area contributed by atoms with Crippen molar-refractivity contribution in [1.82, 2.24) is 4.90 Å². The predicted molar refractivity (Wildman–Crippen MR) is 56.3 cm³/mol. The molecule has 0 saturated heterocycles. The van der Waals surface area contributed by atoms with Crippen molar-refractivity contribution >= 4 is 12.0 Å². The minimum absolute atomic E-state index is 0.277. The average Bonchev–Trinajstić information content (AvgIpc) is 2.43. The van der Waals surface area contributed by atoms with Crippen molar-refractivity contribution in [1.29, 1.82) is 0 Å². The Bertz CT molecular complexity index is 312. The van der Waals surface area contributed by atoms with Gasteiger partial charge in [0.2, 0.25) is 0 Å². The molecule has 0 radical (unpaired) electrons. The van der Waals surface area contributed by atoms with E-state index >= 15 is 0 Å². The summed E-state index contributed by atoms with van der Waals surface area (Å²) in [6.45, 7) is 7.65. The van der Waals surface area contributed by atoms with Crippen LogP contribution in [0.3, 0.4) is 0 Å². The van der Waals surface area contributed by atoms with Gasteiger partial charge in [-0.1, -0.05) is 6.92 Å². The lowest BCUT2D eigenvalue weighted by molar-refractivity contribution is -0.123. The van der Waals surface area contributed by atoms with E-state index < -0.39 is 11.7 Å². The normalized spacial score (nSPS) is 16.7. The van der Waals surface area contributed by atoms with Gasteiger partial charge in [0.25, 0.3) is 5.91 Å². The zero-order chi connectivity index (χ0) is 11.6. The van der Waals surface area contributed by atoms with Crippen LogP contribution in [0.2, 0.25) is 0 Å². The second kappa shape index (κ2) is 4.04.